The maximum atomic E-state index is 11.9. The van der Waals surface area contributed by atoms with Crippen LogP contribution in [-0.4, -0.2) is 19.8 Å². The molecule has 0 heterocycles. The Morgan fingerprint density at radius 3 is 2.11 bits per heavy atom. The molecule has 0 aliphatic heterocycles. The molecule has 2 aromatic carbocycles. The third-order valence-electron chi connectivity index (χ3n) is 2.85. The highest BCUT2D eigenvalue weighted by atomic mass is 32.2. The Morgan fingerprint density at radius 1 is 0.947 bits per heavy atom. The number of sulfone groups is 1. The Bertz CT molecular complexity index is 713. The van der Waals surface area contributed by atoms with E-state index in [1.165, 1.54) is 0 Å². The molecule has 0 amide bonds. The SMILES string of the molecule is Cc1ccc(-c2ccccc2C(=O)S(C)(=O)=O)cc1. The van der Waals surface area contributed by atoms with Gasteiger partial charge >= 0.3 is 0 Å². The molecule has 0 spiro atoms. The van der Waals surface area contributed by atoms with Crippen molar-refractivity contribution < 1.29 is 13.2 Å². The molecule has 19 heavy (non-hydrogen) atoms. The lowest BCUT2D eigenvalue weighted by Gasteiger charge is -2.08. The maximum absolute atomic E-state index is 11.9. The highest BCUT2D eigenvalue weighted by molar-refractivity contribution is 8.06. The second-order valence-corrected chi connectivity index (χ2v) is 6.39. The van der Waals surface area contributed by atoms with E-state index in [4.69, 9.17) is 0 Å². The predicted octanol–water partition coefficient (Wildman–Crippen LogP) is 2.85. The molecule has 0 saturated heterocycles. The van der Waals surface area contributed by atoms with E-state index in [1.54, 1.807) is 24.3 Å². The molecule has 2 aromatic rings. The number of benzene rings is 2. The van der Waals surface area contributed by atoms with Crippen LogP contribution >= 0.6 is 0 Å². The number of hydrogen-bond acceptors (Lipinski definition) is 3. The molecule has 0 unspecified atom stereocenters. The van der Waals surface area contributed by atoms with Crippen molar-refractivity contribution in [1.82, 2.24) is 0 Å². The lowest BCUT2D eigenvalue weighted by molar-refractivity contribution is 0.107. The molecule has 4 heteroatoms. The lowest BCUT2D eigenvalue weighted by Crippen LogP contribution is -2.13. The third kappa shape index (κ3) is 2.90. The van der Waals surface area contributed by atoms with E-state index < -0.39 is 15.0 Å². The first kappa shape index (κ1) is 13.5. The van der Waals surface area contributed by atoms with Gasteiger partial charge in [0, 0.05) is 11.8 Å². The van der Waals surface area contributed by atoms with Crippen LogP contribution in [0.15, 0.2) is 48.5 Å². The standard InChI is InChI=1S/C15H14O3S/c1-11-7-9-12(10-8-11)13-5-3-4-6-14(13)15(16)19(2,17)18/h3-10H,1-2H3. The number of carbonyl (C=O) groups is 1. The van der Waals surface area contributed by atoms with Crippen LogP contribution < -0.4 is 0 Å². The van der Waals surface area contributed by atoms with E-state index in [0.717, 1.165) is 17.4 Å². The van der Waals surface area contributed by atoms with Gasteiger partial charge in [0.1, 0.15) is 0 Å². The number of hydrogen-bond donors (Lipinski definition) is 0. The zero-order valence-electron chi connectivity index (χ0n) is 10.8. The summed E-state index contributed by atoms with van der Waals surface area (Å²) in [7, 11) is -3.73. The summed E-state index contributed by atoms with van der Waals surface area (Å²) in [5, 5.41) is -0.844. The van der Waals surface area contributed by atoms with E-state index in [1.807, 2.05) is 31.2 Å². The highest BCUT2D eigenvalue weighted by Gasteiger charge is 2.21. The van der Waals surface area contributed by atoms with E-state index in [9.17, 15) is 13.2 Å². The van der Waals surface area contributed by atoms with E-state index in [0.29, 0.717) is 5.56 Å². The van der Waals surface area contributed by atoms with Crippen LogP contribution in [-0.2, 0) is 9.84 Å². The summed E-state index contributed by atoms with van der Waals surface area (Å²) in [6.07, 6.45) is 0.932. The summed E-state index contributed by atoms with van der Waals surface area (Å²) in [5.74, 6) is 0. The minimum Gasteiger partial charge on any atom is -0.276 e. The van der Waals surface area contributed by atoms with Crippen molar-refractivity contribution in [2.45, 2.75) is 6.92 Å². The number of rotatable bonds is 2. The van der Waals surface area contributed by atoms with Crippen molar-refractivity contribution in [2.24, 2.45) is 0 Å². The Hall–Kier alpha value is -1.94. The average Bonchev–Trinajstić information content (AvgIpc) is 2.38. The van der Waals surface area contributed by atoms with Gasteiger partial charge in [-0.2, -0.15) is 0 Å². The third-order valence-corrected chi connectivity index (χ3v) is 3.74. The van der Waals surface area contributed by atoms with E-state index >= 15 is 0 Å². The summed E-state index contributed by atoms with van der Waals surface area (Å²) in [5.41, 5.74) is 2.79. The van der Waals surface area contributed by atoms with Crippen molar-refractivity contribution in [3.8, 4) is 11.1 Å². The lowest BCUT2D eigenvalue weighted by atomic mass is 9.99. The predicted molar refractivity (Wildman–Crippen MR) is 75.8 cm³/mol. The minimum absolute atomic E-state index is 0.217. The smallest absolute Gasteiger partial charge is 0.276 e. The summed E-state index contributed by atoms with van der Waals surface area (Å²) in [6.45, 7) is 1.97. The maximum Gasteiger partial charge on any atom is 0.276 e. The zero-order chi connectivity index (χ0) is 14.0. The Kier molecular flexibility index (Phi) is 3.53. The monoisotopic (exact) mass is 274 g/mol. The average molecular weight is 274 g/mol. The van der Waals surface area contributed by atoms with Crippen LogP contribution in [0, 0.1) is 6.92 Å². The van der Waals surface area contributed by atoms with Gasteiger partial charge in [-0.3, -0.25) is 4.79 Å². The Labute approximate surface area is 112 Å². The Balaban J connectivity index is 2.60. The van der Waals surface area contributed by atoms with Crippen molar-refractivity contribution in [1.29, 1.82) is 0 Å². The van der Waals surface area contributed by atoms with Crippen molar-refractivity contribution in [3.63, 3.8) is 0 Å². The molecule has 0 bridgehead atoms. The van der Waals surface area contributed by atoms with Gasteiger partial charge in [0.2, 0.25) is 9.84 Å². The minimum atomic E-state index is -3.73. The van der Waals surface area contributed by atoms with Crippen LogP contribution in [0.4, 0.5) is 0 Å². The molecule has 0 aliphatic rings. The number of carbonyl (C=O) groups excluding carboxylic acids is 1. The van der Waals surface area contributed by atoms with Gasteiger partial charge in [0.25, 0.3) is 5.12 Å². The van der Waals surface area contributed by atoms with E-state index in [2.05, 4.69) is 0 Å². The molecule has 0 atom stereocenters. The van der Waals surface area contributed by atoms with Gasteiger partial charge in [-0.1, -0.05) is 48.0 Å². The molecular formula is C15H14O3S. The van der Waals surface area contributed by atoms with Crippen molar-refractivity contribution in [2.75, 3.05) is 6.26 Å². The fourth-order valence-corrected chi connectivity index (χ4v) is 2.42. The highest BCUT2D eigenvalue weighted by Crippen LogP contribution is 2.25. The first-order valence-corrected chi connectivity index (χ1v) is 7.69. The summed E-state index contributed by atoms with van der Waals surface area (Å²) in [4.78, 5) is 11.9. The zero-order valence-corrected chi connectivity index (χ0v) is 11.6. The summed E-state index contributed by atoms with van der Waals surface area (Å²) >= 11 is 0. The second-order valence-electron chi connectivity index (χ2n) is 4.47. The van der Waals surface area contributed by atoms with Crippen molar-refractivity contribution >= 4 is 15.0 Å². The topological polar surface area (TPSA) is 51.2 Å². The first-order valence-electron chi connectivity index (χ1n) is 5.80. The largest absolute Gasteiger partial charge is 0.276 e. The molecule has 0 radical (unpaired) electrons. The molecule has 98 valence electrons. The first-order chi connectivity index (χ1) is 8.89. The van der Waals surface area contributed by atoms with Gasteiger partial charge in [-0.15, -0.1) is 0 Å². The second kappa shape index (κ2) is 4.97. The molecule has 0 aromatic heterocycles. The molecule has 0 aliphatic carbocycles. The molecule has 3 nitrogen and oxygen atoms in total. The molecule has 2 rings (SSSR count). The quantitative estimate of drug-likeness (QED) is 0.846. The van der Waals surface area contributed by atoms with Gasteiger partial charge in [0.15, 0.2) is 0 Å². The summed E-state index contributed by atoms with van der Waals surface area (Å²) < 4.78 is 22.8. The molecular weight excluding hydrogens is 260 g/mol. The normalized spacial score (nSPS) is 11.3. The van der Waals surface area contributed by atoms with Gasteiger partial charge in [-0.05, 0) is 24.1 Å². The Morgan fingerprint density at radius 2 is 1.53 bits per heavy atom. The fourth-order valence-electron chi connectivity index (χ4n) is 1.85. The number of aryl methyl sites for hydroxylation is 1. The van der Waals surface area contributed by atoms with Crippen LogP contribution in [0.5, 0.6) is 0 Å². The van der Waals surface area contributed by atoms with Crippen LogP contribution in [0.2, 0.25) is 0 Å². The van der Waals surface area contributed by atoms with Gasteiger partial charge in [-0.25, -0.2) is 8.42 Å². The van der Waals surface area contributed by atoms with E-state index in [-0.39, 0.29) is 5.56 Å². The molecule has 0 saturated carbocycles. The van der Waals surface area contributed by atoms with Crippen LogP contribution in [0.3, 0.4) is 0 Å². The van der Waals surface area contributed by atoms with Crippen LogP contribution in [0.1, 0.15) is 15.9 Å². The van der Waals surface area contributed by atoms with Gasteiger partial charge in [0.05, 0.1) is 0 Å². The summed E-state index contributed by atoms with van der Waals surface area (Å²) in [6, 6.07) is 14.4. The van der Waals surface area contributed by atoms with Crippen LogP contribution in [0.25, 0.3) is 11.1 Å². The van der Waals surface area contributed by atoms with Gasteiger partial charge < -0.3 is 0 Å². The molecule has 0 N–H and O–H groups in total. The van der Waals surface area contributed by atoms with Crippen molar-refractivity contribution in [3.05, 3.63) is 59.7 Å². The fraction of sp³-hybridized carbons (Fsp3) is 0.133. The molecule has 0 fully saturated rings.